The molecule has 2 atom stereocenters. The van der Waals surface area contributed by atoms with E-state index in [1.54, 1.807) is 6.92 Å². The lowest BCUT2D eigenvalue weighted by molar-refractivity contribution is -0.126. The van der Waals surface area contributed by atoms with E-state index in [1.165, 1.54) is 0 Å². The number of carbonyl (C=O) groups excluding carboxylic acids is 1. The number of amides is 1. The van der Waals surface area contributed by atoms with Gasteiger partial charge in [0.1, 0.15) is 4.33 Å². The Morgan fingerprint density at radius 2 is 2.13 bits per heavy atom. The van der Waals surface area contributed by atoms with E-state index in [4.69, 9.17) is 23.2 Å². The minimum absolute atomic E-state index is 0.178. The Labute approximate surface area is 100 Å². The van der Waals surface area contributed by atoms with E-state index in [-0.39, 0.29) is 12.5 Å². The van der Waals surface area contributed by atoms with Crippen molar-refractivity contribution in [2.75, 3.05) is 6.54 Å². The monoisotopic (exact) mass is 253 g/mol. The predicted molar refractivity (Wildman–Crippen MR) is 61.1 cm³/mol. The third kappa shape index (κ3) is 2.77. The standard InChI is InChI=1S/C10H17Cl2NO2/c1-3-4-7(14)5-13-8(15)9(2)6-10(9,11)12/h7,14H,3-6H2,1-2H3,(H,13,15). The van der Waals surface area contributed by atoms with Crippen LogP contribution in [0.25, 0.3) is 0 Å². The van der Waals surface area contributed by atoms with E-state index < -0.39 is 15.9 Å². The van der Waals surface area contributed by atoms with Gasteiger partial charge >= 0.3 is 0 Å². The van der Waals surface area contributed by atoms with Crippen molar-refractivity contribution in [3.63, 3.8) is 0 Å². The van der Waals surface area contributed by atoms with Crippen LogP contribution in [0, 0.1) is 5.41 Å². The highest BCUT2D eigenvalue weighted by Crippen LogP contribution is 2.63. The molecule has 1 aliphatic rings. The third-order valence-corrected chi connectivity index (χ3v) is 3.98. The minimum Gasteiger partial charge on any atom is -0.391 e. The van der Waals surface area contributed by atoms with E-state index in [2.05, 4.69) is 5.32 Å². The number of aliphatic hydroxyl groups excluding tert-OH is 1. The van der Waals surface area contributed by atoms with Gasteiger partial charge in [-0.25, -0.2) is 0 Å². The van der Waals surface area contributed by atoms with Crippen LogP contribution in [0.3, 0.4) is 0 Å². The van der Waals surface area contributed by atoms with Crippen LogP contribution in [0.4, 0.5) is 0 Å². The first-order valence-electron chi connectivity index (χ1n) is 5.17. The van der Waals surface area contributed by atoms with E-state index in [0.717, 1.165) is 6.42 Å². The number of rotatable bonds is 5. The normalized spacial score (nSPS) is 29.7. The summed E-state index contributed by atoms with van der Waals surface area (Å²) in [6.45, 7) is 3.98. The van der Waals surface area contributed by atoms with Crippen molar-refractivity contribution in [1.82, 2.24) is 5.32 Å². The second-order valence-electron chi connectivity index (χ2n) is 4.37. The average molecular weight is 254 g/mol. The van der Waals surface area contributed by atoms with Gasteiger partial charge in [0, 0.05) is 6.54 Å². The Morgan fingerprint density at radius 1 is 1.60 bits per heavy atom. The summed E-state index contributed by atoms with van der Waals surface area (Å²) in [6.07, 6.45) is 1.56. The fraction of sp³-hybridized carbons (Fsp3) is 0.900. The SMILES string of the molecule is CCCC(O)CNC(=O)C1(C)CC1(Cl)Cl. The number of hydrogen-bond acceptors (Lipinski definition) is 2. The third-order valence-electron chi connectivity index (χ3n) is 2.88. The first-order valence-corrected chi connectivity index (χ1v) is 5.93. The number of aliphatic hydroxyl groups is 1. The van der Waals surface area contributed by atoms with Crippen LogP contribution in [0.15, 0.2) is 0 Å². The quantitative estimate of drug-likeness (QED) is 0.735. The Morgan fingerprint density at radius 3 is 2.53 bits per heavy atom. The highest BCUT2D eigenvalue weighted by molar-refractivity contribution is 6.53. The van der Waals surface area contributed by atoms with Crippen LogP contribution in [0.5, 0.6) is 0 Å². The lowest BCUT2D eigenvalue weighted by Gasteiger charge is -2.15. The van der Waals surface area contributed by atoms with Crippen molar-refractivity contribution in [3.8, 4) is 0 Å². The maximum Gasteiger partial charge on any atom is 0.229 e. The zero-order valence-electron chi connectivity index (χ0n) is 9.02. The maximum absolute atomic E-state index is 11.7. The molecule has 0 aromatic rings. The van der Waals surface area contributed by atoms with Gasteiger partial charge in [0.25, 0.3) is 0 Å². The highest BCUT2D eigenvalue weighted by Gasteiger charge is 2.67. The smallest absolute Gasteiger partial charge is 0.229 e. The topological polar surface area (TPSA) is 49.3 Å². The molecule has 1 amide bonds. The summed E-state index contributed by atoms with van der Waals surface area (Å²) in [5, 5.41) is 12.1. The molecule has 0 bridgehead atoms. The Kier molecular flexibility index (Phi) is 3.90. The average Bonchev–Trinajstić information content (AvgIpc) is 2.64. The molecule has 2 N–H and O–H groups in total. The zero-order chi connectivity index (χ0) is 11.7. The number of halogens is 2. The molecule has 0 aliphatic heterocycles. The molecule has 0 spiro atoms. The van der Waals surface area contributed by atoms with Crippen LogP contribution in [0.2, 0.25) is 0 Å². The molecule has 1 rings (SSSR count). The van der Waals surface area contributed by atoms with Gasteiger partial charge in [0.15, 0.2) is 0 Å². The van der Waals surface area contributed by atoms with Crippen molar-refractivity contribution in [3.05, 3.63) is 0 Å². The van der Waals surface area contributed by atoms with Crippen LogP contribution in [-0.4, -0.2) is 28.0 Å². The summed E-state index contributed by atoms with van der Waals surface area (Å²) in [7, 11) is 0. The largest absolute Gasteiger partial charge is 0.391 e. The summed E-state index contributed by atoms with van der Waals surface area (Å²) in [5.41, 5.74) is -0.692. The lowest BCUT2D eigenvalue weighted by Crippen LogP contribution is -2.38. The predicted octanol–water partition coefficient (Wildman–Crippen LogP) is 1.85. The van der Waals surface area contributed by atoms with E-state index in [1.807, 2.05) is 6.92 Å². The number of carbonyl (C=O) groups is 1. The molecule has 15 heavy (non-hydrogen) atoms. The van der Waals surface area contributed by atoms with Gasteiger partial charge in [-0.2, -0.15) is 0 Å². The van der Waals surface area contributed by atoms with Gasteiger partial charge in [0.2, 0.25) is 5.91 Å². The highest BCUT2D eigenvalue weighted by atomic mass is 35.5. The first kappa shape index (κ1) is 13.1. The zero-order valence-corrected chi connectivity index (χ0v) is 10.5. The van der Waals surface area contributed by atoms with E-state index in [9.17, 15) is 9.90 Å². The molecule has 0 heterocycles. The second kappa shape index (κ2) is 4.48. The molecule has 1 saturated carbocycles. The molecule has 0 radical (unpaired) electrons. The molecular weight excluding hydrogens is 237 g/mol. The van der Waals surface area contributed by atoms with Crippen LogP contribution in [0.1, 0.15) is 33.1 Å². The first-order chi connectivity index (χ1) is 6.83. The summed E-state index contributed by atoms with van der Waals surface area (Å²) in [4.78, 5) is 11.7. The number of hydrogen-bond donors (Lipinski definition) is 2. The van der Waals surface area contributed by atoms with Crippen molar-refractivity contribution in [2.45, 2.75) is 43.5 Å². The summed E-state index contributed by atoms with van der Waals surface area (Å²) < 4.78 is -0.938. The molecular formula is C10H17Cl2NO2. The van der Waals surface area contributed by atoms with Crippen LogP contribution in [-0.2, 0) is 4.79 Å². The van der Waals surface area contributed by atoms with Crippen molar-refractivity contribution in [2.24, 2.45) is 5.41 Å². The Balaban J connectivity index is 2.32. The Bertz CT molecular complexity index is 258. The van der Waals surface area contributed by atoms with Gasteiger partial charge in [-0.3, -0.25) is 4.79 Å². The molecule has 0 aromatic heterocycles. The fourth-order valence-corrected chi connectivity index (χ4v) is 2.19. The van der Waals surface area contributed by atoms with Crippen LogP contribution >= 0.6 is 23.2 Å². The number of alkyl halides is 2. The molecule has 0 saturated heterocycles. The Hall–Kier alpha value is 0.01000. The summed E-state index contributed by atoms with van der Waals surface area (Å²) >= 11 is 11.7. The molecule has 1 aliphatic carbocycles. The minimum atomic E-state index is -0.938. The molecule has 0 aromatic carbocycles. The molecule has 5 heteroatoms. The molecule has 3 nitrogen and oxygen atoms in total. The van der Waals surface area contributed by atoms with Crippen molar-refractivity contribution in [1.29, 1.82) is 0 Å². The summed E-state index contributed by atoms with van der Waals surface area (Å²) in [5.74, 6) is -0.178. The van der Waals surface area contributed by atoms with Gasteiger partial charge in [-0.1, -0.05) is 13.3 Å². The summed E-state index contributed by atoms with van der Waals surface area (Å²) in [6, 6.07) is 0. The van der Waals surface area contributed by atoms with Gasteiger partial charge in [-0.15, -0.1) is 23.2 Å². The molecule has 2 unspecified atom stereocenters. The molecule has 88 valence electrons. The number of nitrogens with one attached hydrogen (secondary N) is 1. The van der Waals surface area contributed by atoms with Crippen molar-refractivity contribution < 1.29 is 9.90 Å². The van der Waals surface area contributed by atoms with Gasteiger partial charge < -0.3 is 10.4 Å². The molecule has 1 fully saturated rings. The van der Waals surface area contributed by atoms with Gasteiger partial charge in [0.05, 0.1) is 11.5 Å². The fourth-order valence-electron chi connectivity index (χ4n) is 1.49. The second-order valence-corrected chi connectivity index (χ2v) is 5.85. The van der Waals surface area contributed by atoms with E-state index in [0.29, 0.717) is 12.8 Å². The van der Waals surface area contributed by atoms with E-state index >= 15 is 0 Å². The maximum atomic E-state index is 11.7. The van der Waals surface area contributed by atoms with Crippen molar-refractivity contribution >= 4 is 29.1 Å². The van der Waals surface area contributed by atoms with Crippen LogP contribution < -0.4 is 5.32 Å². The lowest BCUT2D eigenvalue weighted by atomic mass is 10.1. The van der Waals surface area contributed by atoms with Gasteiger partial charge in [-0.05, 0) is 19.8 Å².